The molecule has 26 heavy (non-hydrogen) atoms. The number of esters is 1. The number of halogens is 1. The molecule has 0 bridgehead atoms. The van der Waals surface area contributed by atoms with Gasteiger partial charge in [0.2, 0.25) is 5.91 Å². The van der Waals surface area contributed by atoms with Crippen molar-refractivity contribution in [2.75, 3.05) is 5.32 Å². The zero-order valence-electron chi connectivity index (χ0n) is 14.4. The van der Waals surface area contributed by atoms with Crippen LogP contribution in [0.25, 0.3) is 0 Å². The van der Waals surface area contributed by atoms with Crippen LogP contribution in [0, 0.1) is 0 Å². The summed E-state index contributed by atoms with van der Waals surface area (Å²) >= 11 is 6.04. The first-order valence-electron chi connectivity index (χ1n) is 7.96. The molecule has 0 fully saturated rings. The van der Waals surface area contributed by atoms with Gasteiger partial charge < -0.3 is 15.4 Å². The SMILES string of the molecule is CC(=O)Nc1cccc(C(=O)O[C@@H](C)C(=O)NCc2ccccc2Cl)c1. The van der Waals surface area contributed by atoms with Gasteiger partial charge in [-0.05, 0) is 36.8 Å². The summed E-state index contributed by atoms with van der Waals surface area (Å²) in [6, 6.07) is 13.4. The third-order valence-electron chi connectivity index (χ3n) is 3.48. The summed E-state index contributed by atoms with van der Waals surface area (Å²) < 4.78 is 5.18. The van der Waals surface area contributed by atoms with Gasteiger partial charge >= 0.3 is 5.97 Å². The average molecular weight is 375 g/mol. The van der Waals surface area contributed by atoms with Crippen LogP contribution in [0.4, 0.5) is 5.69 Å². The Balaban J connectivity index is 1.92. The fourth-order valence-electron chi connectivity index (χ4n) is 2.18. The van der Waals surface area contributed by atoms with E-state index in [2.05, 4.69) is 10.6 Å². The molecule has 2 aromatic rings. The number of ether oxygens (including phenoxy) is 1. The molecule has 0 saturated heterocycles. The van der Waals surface area contributed by atoms with E-state index >= 15 is 0 Å². The summed E-state index contributed by atoms with van der Waals surface area (Å²) in [5.74, 6) is -1.34. The maximum atomic E-state index is 12.2. The second-order valence-electron chi connectivity index (χ2n) is 5.62. The van der Waals surface area contributed by atoms with Gasteiger partial charge in [-0.3, -0.25) is 9.59 Å². The smallest absolute Gasteiger partial charge is 0.338 e. The Labute approximate surface area is 156 Å². The number of amides is 2. The van der Waals surface area contributed by atoms with E-state index in [0.29, 0.717) is 10.7 Å². The van der Waals surface area contributed by atoms with Crippen molar-refractivity contribution in [3.63, 3.8) is 0 Å². The van der Waals surface area contributed by atoms with Crippen LogP contribution in [0.2, 0.25) is 5.02 Å². The monoisotopic (exact) mass is 374 g/mol. The first-order chi connectivity index (χ1) is 12.4. The largest absolute Gasteiger partial charge is 0.449 e. The molecule has 0 radical (unpaired) electrons. The Morgan fingerprint density at radius 3 is 2.54 bits per heavy atom. The van der Waals surface area contributed by atoms with Gasteiger partial charge in [0.1, 0.15) is 0 Å². The number of nitrogens with one attached hydrogen (secondary N) is 2. The predicted molar refractivity (Wildman–Crippen MR) is 98.9 cm³/mol. The molecule has 2 rings (SSSR count). The van der Waals surface area contributed by atoms with E-state index in [4.69, 9.17) is 16.3 Å². The first kappa shape index (κ1) is 19.5. The highest BCUT2D eigenvalue weighted by Crippen LogP contribution is 2.15. The molecule has 1 atom stereocenters. The molecule has 0 aliphatic heterocycles. The quantitative estimate of drug-likeness (QED) is 0.760. The summed E-state index contributed by atoms with van der Waals surface area (Å²) in [6.45, 7) is 3.09. The molecule has 0 aromatic heterocycles. The molecule has 2 N–H and O–H groups in total. The van der Waals surface area contributed by atoms with E-state index in [1.807, 2.05) is 6.07 Å². The number of anilines is 1. The second kappa shape index (κ2) is 9.01. The minimum atomic E-state index is -0.977. The molecule has 0 spiro atoms. The summed E-state index contributed by atoms with van der Waals surface area (Å²) in [4.78, 5) is 35.4. The van der Waals surface area contributed by atoms with Crippen LogP contribution in [0.15, 0.2) is 48.5 Å². The Morgan fingerprint density at radius 2 is 1.85 bits per heavy atom. The van der Waals surface area contributed by atoms with E-state index in [0.717, 1.165) is 5.56 Å². The van der Waals surface area contributed by atoms with Gasteiger partial charge in [-0.25, -0.2) is 4.79 Å². The normalized spacial score (nSPS) is 11.3. The fourth-order valence-corrected chi connectivity index (χ4v) is 2.38. The fraction of sp³-hybridized carbons (Fsp3) is 0.211. The molecule has 6 nitrogen and oxygen atoms in total. The Kier molecular flexibility index (Phi) is 6.74. The van der Waals surface area contributed by atoms with Crippen molar-refractivity contribution in [1.82, 2.24) is 5.32 Å². The van der Waals surface area contributed by atoms with Crippen molar-refractivity contribution in [3.8, 4) is 0 Å². The van der Waals surface area contributed by atoms with Gasteiger partial charge in [0.25, 0.3) is 5.91 Å². The zero-order valence-corrected chi connectivity index (χ0v) is 15.2. The number of carbonyl (C=O) groups excluding carboxylic acids is 3. The van der Waals surface area contributed by atoms with Crippen molar-refractivity contribution in [2.45, 2.75) is 26.5 Å². The lowest BCUT2D eigenvalue weighted by molar-refractivity contribution is -0.129. The van der Waals surface area contributed by atoms with Crippen LogP contribution in [0.1, 0.15) is 29.8 Å². The molecule has 0 heterocycles. The molecule has 0 aliphatic carbocycles. The standard InChI is InChI=1S/C19H19ClN2O4/c1-12(18(24)21-11-15-6-3-4-9-17(15)20)26-19(25)14-7-5-8-16(10-14)22-13(2)23/h3-10,12H,11H2,1-2H3,(H,21,24)(H,22,23)/t12-/m0/s1. The van der Waals surface area contributed by atoms with Crippen LogP contribution in [0.5, 0.6) is 0 Å². The molecule has 0 aliphatic rings. The molecule has 2 aromatic carbocycles. The minimum absolute atomic E-state index is 0.235. The summed E-state index contributed by atoms with van der Waals surface area (Å²) in [6.07, 6.45) is -0.977. The lowest BCUT2D eigenvalue weighted by Gasteiger charge is -2.14. The lowest BCUT2D eigenvalue weighted by atomic mass is 10.2. The van der Waals surface area contributed by atoms with Crippen LogP contribution >= 0.6 is 11.6 Å². The molecule has 2 amide bonds. The summed E-state index contributed by atoms with van der Waals surface area (Å²) in [7, 11) is 0. The van der Waals surface area contributed by atoms with E-state index in [1.54, 1.807) is 36.4 Å². The maximum Gasteiger partial charge on any atom is 0.338 e. The van der Waals surface area contributed by atoms with Gasteiger partial charge in [0, 0.05) is 24.2 Å². The highest BCUT2D eigenvalue weighted by Gasteiger charge is 2.19. The third-order valence-corrected chi connectivity index (χ3v) is 3.85. The van der Waals surface area contributed by atoms with Crippen molar-refractivity contribution in [3.05, 3.63) is 64.7 Å². The van der Waals surface area contributed by atoms with Crippen LogP contribution in [-0.2, 0) is 20.9 Å². The van der Waals surface area contributed by atoms with Crippen molar-refractivity contribution < 1.29 is 19.1 Å². The number of rotatable bonds is 6. The Hall–Kier alpha value is -2.86. The number of carbonyl (C=O) groups is 3. The topological polar surface area (TPSA) is 84.5 Å². The number of hydrogen-bond donors (Lipinski definition) is 2. The minimum Gasteiger partial charge on any atom is -0.449 e. The molecule has 7 heteroatoms. The Morgan fingerprint density at radius 1 is 1.12 bits per heavy atom. The van der Waals surface area contributed by atoms with Gasteiger partial charge in [0.05, 0.1) is 5.56 Å². The van der Waals surface area contributed by atoms with Gasteiger partial charge in [-0.15, -0.1) is 0 Å². The average Bonchev–Trinajstić information content (AvgIpc) is 2.60. The van der Waals surface area contributed by atoms with Crippen LogP contribution < -0.4 is 10.6 Å². The van der Waals surface area contributed by atoms with Crippen LogP contribution in [0.3, 0.4) is 0 Å². The van der Waals surface area contributed by atoms with E-state index in [-0.39, 0.29) is 18.0 Å². The second-order valence-corrected chi connectivity index (χ2v) is 6.03. The molecule has 0 unspecified atom stereocenters. The zero-order chi connectivity index (χ0) is 19.1. The third kappa shape index (κ3) is 5.60. The van der Waals surface area contributed by atoms with E-state index < -0.39 is 18.0 Å². The maximum absolute atomic E-state index is 12.2. The summed E-state index contributed by atoms with van der Waals surface area (Å²) in [5.41, 5.74) is 1.48. The van der Waals surface area contributed by atoms with Crippen LogP contribution in [-0.4, -0.2) is 23.9 Å². The first-order valence-corrected chi connectivity index (χ1v) is 8.34. The Bertz CT molecular complexity index is 823. The molecule has 136 valence electrons. The number of hydrogen-bond acceptors (Lipinski definition) is 4. The van der Waals surface area contributed by atoms with Gasteiger partial charge in [-0.2, -0.15) is 0 Å². The summed E-state index contributed by atoms with van der Waals surface area (Å²) in [5, 5.41) is 5.81. The van der Waals surface area contributed by atoms with Gasteiger partial charge in [0.15, 0.2) is 6.10 Å². The van der Waals surface area contributed by atoms with Gasteiger partial charge in [-0.1, -0.05) is 35.9 Å². The highest BCUT2D eigenvalue weighted by atomic mass is 35.5. The van der Waals surface area contributed by atoms with E-state index in [9.17, 15) is 14.4 Å². The molecular weight excluding hydrogens is 356 g/mol. The van der Waals surface area contributed by atoms with E-state index in [1.165, 1.54) is 19.9 Å². The highest BCUT2D eigenvalue weighted by molar-refractivity contribution is 6.31. The lowest BCUT2D eigenvalue weighted by Crippen LogP contribution is -2.35. The van der Waals surface area contributed by atoms with Crippen molar-refractivity contribution in [2.24, 2.45) is 0 Å². The van der Waals surface area contributed by atoms with Crippen molar-refractivity contribution >= 4 is 35.1 Å². The predicted octanol–water partition coefficient (Wildman–Crippen LogP) is 3.16. The number of benzene rings is 2. The van der Waals surface area contributed by atoms with Crippen molar-refractivity contribution in [1.29, 1.82) is 0 Å². The molecular formula is C19H19ClN2O4. The molecule has 0 saturated carbocycles.